The number of alkyl halides is 3. The van der Waals surface area contributed by atoms with Crippen LogP contribution in [-0.4, -0.2) is 41.2 Å². The molecule has 144 valence electrons. The van der Waals surface area contributed by atoms with Crippen LogP contribution in [0.25, 0.3) is 22.0 Å². The maximum absolute atomic E-state index is 13.3. The number of aliphatic hydroxyl groups excluding tert-OH is 1. The number of aryl methyl sites for hydroxylation is 1. The molecule has 4 nitrogen and oxygen atoms in total. The van der Waals surface area contributed by atoms with E-state index in [4.69, 9.17) is 0 Å². The lowest BCUT2D eigenvalue weighted by Gasteiger charge is -2.38. The molecule has 2 heterocycles. The standard InChI is InChI=1S/C21H17F3N2O2/c1-12-17(20(28)21(22,23)24)18(13-6-3-2-4-7-13)15-8-5-9-16(19(15)25-12)26-10-14(27)11-26/h2-9,14,27H,10-11H2,1H3. The van der Waals surface area contributed by atoms with Gasteiger partial charge in [0.1, 0.15) is 0 Å². The predicted molar refractivity (Wildman–Crippen MR) is 101 cm³/mol. The number of para-hydroxylation sites is 1. The van der Waals surface area contributed by atoms with Crippen LogP contribution in [0.3, 0.4) is 0 Å². The molecule has 0 spiro atoms. The molecule has 2 aromatic carbocycles. The summed E-state index contributed by atoms with van der Waals surface area (Å²) in [6, 6.07) is 13.8. The Morgan fingerprint density at radius 2 is 1.79 bits per heavy atom. The first kappa shape index (κ1) is 18.4. The SMILES string of the molecule is Cc1nc2c(N3CC(O)C3)cccc2c(-c2ccccc2)c1C(=O)C(F)(F)F. The van der Waals surface area contributed by atoms with E-state index < -0.39 is 23.6 Å². The summed E-state index contributed by atoms with van der Waals surface area (Å²) in [7, 11) is 0. The van der Waals surface area contributed by atoms with Gasteiger partial charge in [-0.05, 0) is 18.6 Å². The van der Waals surface area contributed by atoms with Gasteiger partial charge in [0.15, 0.2) is 0 Å². The van der Waals surface area contributed by atoms with Crippen LogP contribution >= 0.6 is 0 Å². The third-order valence-corrected chi connectivity index (χ3v) is 4.93. The van der Waals surface area contributed by atoms with Gasteiger partial charge in [0.05, 0.1) is 22.9 Å². The van der Waals surface area contributed by atoms with Crippen molar-refractivity contribution in [2.24, 2.45) is 0 Å². The minimum atomic E-state index is -5.00. The molecular formula is C21H17F3N2O2. The average molecular weight is 386 g/mol. The van der Waals surface area contributed by atoms with Gasteiger partial charge in [-0.1, -0.05) is 42.5 Å². The van der Waals surface area contributed by atoms with Crippen molar-refractivity contribution >= 4 is 22.4 Å². The Labute approximate surface area is 159 Å². The van der Waals surface area contributed by atoms with E-state index >= 15 is 0 Å². The Balaban J connectivity index is 2.05. The Morgan fingerprint density at radius 3 is 2.39 bits per heavy atom. The number of benzene rings is 2. The summed E-state index contributed by atoms with van der Waals surface area (Å²) in [5, 5.41) is 10.1. The van der Waals surface area contributed by atoms with E-state index in [0.29, 0.717) is 29.6 Å². The summed E-state index contributed by atoms with van der Waals surface area (Å²) in [5.41, 5.74) is 1.60. The van der Waals surface area contributed by atoms with Crippen LogP contribution in [0.2, 0.25) is 0 Å². The highest BCUT2D eigenvalue weighted by Gasteiger charge is 2.42. The number of ketones is 1. The number of nitrogens with zero attached hydrogens (tertiary/aromatic N) is 2. The summed E-state index contributed by atoms with van der Waals surface area (Å²) >= 11 is 0. The third-order valence-electron chi connectivity index (χ3n) is 4.93. The van der Waals surface area contributed by atoms with Crippen molar-refractivity contribution in [3.05, 3.63) is 59.8 Å². The second kappa shape index (κ2) is 6.60. The summed E-state index contributed by atoms with van der Waals surface area (Å²) < 4.78 is 39.9. The number of halogens is 3. The number of β-amino-alcohol motifs (C(OH)–C–C–N with tert-alkyl or cyclic N) is 1. The largest absolute Gasteiger partial charge is 0.454 e. The first-order chi connectivity index (χ1) is 13.3. The highest BCUT2D eigenvalue weighted by molar-refractivity contribution is 6.14. The number of hydrogen-bond donors (Lipinski definition) is 1. The van der Waals surface area contributed by atoms with Crippen molar-refractivity contribution in [2.75, 3.05) is 18.0 Å². The molecule has 7 heteroatoms. The second-order valence-corrected chi connectivity index (χ2v) is 6.87. The summed E-state index contributed by atoms with van der Waals surface area (Å²) in [4.78, 5) is 18.5. The minimum Gasteiger partial charge on any atom is -0.389 e. The van der Waals surface area contributed by atoms with Gasteiger partial charge >= 0.3 is 6.18 Å². The van der Waals surface area contributed by atoms with Gasteiger partial charge in [-0.3, -0.25) is 9.78 Å². The van der Waals surface area contributed by atoms with Gasteiger partial charge in [0, 0.05) is 29.7 Å². The minimum absolute atomic E-state index is 0.0298. The molecule has 1 N–H and O–H groups in total. The van der Waals surface area contributed by atoms with Crippen molar-refractivity contribution in [2.45, 2.75) is 19.2 Å². The number of carbonyl (C=O) groups is 1. The van der Waals surface area contributed by atoms with E-state index in [1.165, 1.54) is 6.92 Å². The van der Waals surface area contributed by atoms with Gasteiger partial charge in [-0.2, -0.15) is 13.2 Å². The maximum atomic E-state index is 13.3. The molecule has 0 unspecified atom stereocenters. The van der Waals surface area contributed by atoms with Gasteiger partial charge in [-0.25, -0.2) is 0 Å². The normalized spacial score (nSPS) is 15.0. The highest BCUT2D eigenvalue weighted by Crippen LogP contribution is 2.39. The van der Waals surface area contributed by atoms with Crippen LogP contribution in [-0.2, 0) is 0 Å². The zero-order valence-electron chi connectivity index (χ0n) is 15.0. The van der Waals surface area contributed by atoms with E-state index in [1.807, 2.05) is 11.0 Å². The Bertz CT molecular complexity index is 1060. The van der Waals surface area contributed by atoms with Crippen molar-refractivity contribution < 1.29 is 23.1 Å². The van der Waals surface area contributed by atoms with Crippen LogP contribution in [0.5, 0.6) is 0 Å². The number of aromatic nitrogens is 1. The van der Waals surface area contributed by atoms with Gasteiger partial charge < -0.3 is 10.0 Å². The molecule has 1 saturated heterocycles. The third kappa shape index (κ3) is 3.01. The zero-order chi connectivity index (χ0) is 20.1. The fraction of sp³-hybridized carbons (Fsp3) is 0.238. The zero-order valence-corrected chi connectivity index (χ0v) is 15.0. The van der Waals surface area contributed by atoms with Crippen LogP contribution < -0.4 is 4.90 Å². The number of anilines is 1. The Hall–Kier alpha value is -2.93. The van der Waals surface area contributed by atoms with Gasteiger partial charge in [0.2, 0.25) is 0 Å². The lowest BCUT2D eigenvalue weighted by Crippen LogP contribution is -2.50. The van der Waals surface area contributed by atoms with E-state index in [1.54, 1.807) is 42.5 Å². The molecule has 0 aliphatic carbocycles. The molecule has 0 bridgehead atoms. The fourth-order valence-corrected chi connectivity index (χ4v) is 3.62. The number of rotatable bonds is 3. The van der Waals surface area contributed by atoms with Gasteiger partial charge in [0.25, 0.3) is 5.78 Å². The van der Waals surface area contributed by atoms with Crippen LogP contribution in [0.4, 0.5) is 18.9 Å². The van der Waals surface area contributed by atoms with Gasteiger partial charge in [-0.15, -0.1) is 0 Å². The first-order valence-electron chi connectivity index (χ1n) is 8.80. The molecule has 1 aliphatic heterocycles. The summed E-state index contributed by atoms with van der Waals surface area (Å²) in [6.45, 7) is 2.29. The molecule has 4 rings (SSSR count). The highest BCUT2D eigenvalue weighted by atomic mass is 19.4. The van der Waals surface area contributed by atoms with Crippen LogP contribution in [0, 0.1) is 6.92 Å². The van der Waals surface area contributed by atoms with Crippen molar-refractivity contribution in [1.82, 2.24) is 4.98 Å². The number of pyridine rings is 1. The molecule has 0 saturated carbocycles. The van der Waals surface area contributed by atoms with E-state index in [-0.39, 0.29) is 11.3 Å². The number of hydrogen-bond acceptors (Lipinski definition) is 4. The molecule has 1 fully saturated rings. The van der Waals surface area contributed by atoms with E-state index in [0.717, 1.165) is 5.69 Å². The molecule has 1 aliphatic rings. The number of fused-ring (bicyclic) bond motifs is 1. The second-order valence-electron chi connectivity index (χ2n) is 6.87. The van der Waals surface area contributed by atoms with Crippen LogP contribution in [0.15, 0.2) is 48.5 Å². The summed E-state index contributed by atoms with van der Waals surface area (Å²) in [6.07, 6.45) is -5.43. The molecule has 0 atom stereocenters. The quantitative estimate of drug-likeness (QED) is 0.688. The van der Waals surface area contributed by atoms with Crippen molar-refractivity contribution in [1.29, 1.82) is 0 Å². The molecule has 28 heavy (non-hydrogen) atoms. The lowest BCUT2D eigenvalue weighted by molar-refractivity contribution is -0.0885. The van der Waals surface area contributed by atoms with Crippen molar-refractivity contribution in [3.63, 3.8) is 0 Å². The first-order valence-corrected chi connectivity index (χ1v) is 8.80. The topological polar surface area (TPSA) is 53.4 Å². The number of Topliss-reactive ketones (excluding diaryl/α,β-unsaturated/α-hetero) is 1. The fourth-order valence-electron chi connectivity index (χ4n) is 3.62. The average Bonchev–Trinajstić information content (AvgIpc) is 2.63. The molecule has 1 aromatic heterocycles. The van der Waals surface area contributed by atoms with E-state index in [2.05, 4.69) is 4.98 Å². The predicted octanol–water partition coefficient (Wildman–Crippen LogP) is 4.14. The summed E-state index contributed by atoms with van der Waals surface area (Å²) in [5.74, 6) is -1.90. The smallest absolute Gasteiger partial charge is 0.389 e. The lowest BCUT2D eigenvalue weighted by atomic mass is 9.91. The monoisotopic (exact) mass is 386 g/mol. The Kier molecular flexibility index (Phi) is 4.34. The van der Waals surface area contributed by atoms with Crippen molar-refractivity contribution in [3.8, 4) is 11.1 Å². The molecular weight excluding hydrogens is 369 g/mol. The molecule has 0 radical (unpaired) electrons. The number of carbonyl (C=O) groups excluding carboxylic acids is 1. The molecule has 0 amide bonds. The maximum Gasteiger partial charge on any atom is 0.454 e. The molecule has 3 aromatic rings. The van der Waals surface area contributed by atoms with E-state index in [9.17, 15) is 23.1 Å². The number of aliphatic hydroxyl groups is 1. The van der Waals surface area contributed by atoms with Crippen LogP contribution in [0.1, 0.15) is 16.1 Å². The Morgan fingerprint density at radius 1 is 1.11 bits per heavy atom.